The number of rotatable bonds is 8. The van der Waals surface area contributed by atoms with Crippen molar-refractivity contribution < 1.29 is 4.74 Å². The van der Waals surface area contributed by atoms with Crippen LogP contribution in [0.25, 0.3) is 0 Å². The van der Waals surface area contributed by atoms with Crippen LogP contribution in [0.2, 0.25) is 0 Å². The van der Waals surface area contributed by atoms with E-state index < -0.39 is 0 Å². The number of nitrogens with one attached hydrogen (secondary N) is 1. The molecule has 0 bridgehead atoms. The van der Waals surface area contributed by atoms with E-state index >= 15 is 0 Å². The molecule has 1 saturated heterocycles. The number of ether oxygens (including phenoxy) is 1. The van der Waals surface area contributed by atoms with Gasteiger partial charge in [-0.3, -0.25) is 0 Å². The molecule has 0 aromatic carbocycles. The summed E-state index contributed by atoms with van der Waals surface area (Å²) in [6.45, 7) is 6.58. The lowest BCUT2D eigenvalue weighted by Crippen LogP contribution is -2.42. The Balaban J connectivity index is 1.99. The van der Waals surface area contributed by atoms with Crippen LogP contribution < -0.4 is 5.32 Å². The molecule has 1 N–H and O–H groups in total. The van der Waals surface area contributed by atoms with Crippen LogP contribution in [0, 0.1) is 0 Å². The van der Waals surface area contributed by atoms with Crippen molar-refractivity contribution in [3.8, 4) is 0 Å². The first-order valence-corrected chi connectivity index (χ1v) is 6.82. The van der Waals surface area contributed by atoms with Gasteiger partial charge in [-0.15, -0.1) is 0 Å². The van der Waals surface area contributed by atoms with Crippen LogP contribution in [0.3, 0.4) is 0 Å². The van der Waals surface area contributed by atoms with Crippen molar-refractivity contribution in [1.29, 1.82) is 0 Å². The molecule has 102 valence electrons. The van der Waals surface area contributed by atoms with Crippen molar-refractivity contribution >= 4 is 0 Å². The highest BCUT2D eigenvalue weighted by Gasteiger charge is 2.19. The van der Waals surface area contributed by atoms with Gasteiger partial charge in [0, 0.05) is 19.7 Å². The Labute approximate surface area is 106 Å². The molecule has 0 radical (unpaired) electrons. The average Bonchev–Trinajstić information content (AvgIpc) is 2.34. The van der Waals surface area contributed by atoms with Crippen LogP contribution in [-0.2, 0) is 4.74 Å². The van der Waals surface area contributed by atoms with E-state index in [0.29, 0.717) is 0 Å². The Bertz CT molecular complexity index is 182. The molecule has 1 heterocycles. The summed E-state index contributed by atoms with van der Waals surface area (Å²) in [7, 11) is 6.23. The fourth-order valence-electron chi connectivity index (χ4n) is 2.37. The summed E-state index contributed by atoms with van der Waals surface area (Å²) in [4.78, 5) is 4.96. The molecule has 1 fully saturated rings. The number of nitrogens with zero attached hydrogens (tertiary/aromatic N) is 2. The molecule has 0 atom stereocenters. The molecule has 0 saturated carbocycles. The van der Waals surface area contributed by atoms with Crippen molar-refractivity contribution in [2.75, 3.05) is 60.5 Å². The second-order valence-corrected chi connectivity index (χ2v) is 5.11. The van der Waals surface area contributed by atoms with E-state index in [2.05, 4.69) is 29.2 Å². The van der Waals surface area contributed by atoms with E-state index in [1.54, 1.807) is 7.11 Å². The summed E-state index contributed by atoms with van der Waals surface area (Å²) in [5.74, 6) is 0. The van der Waals surface area contributed by atoms with Crippen molar-refractivity contribution in [2.45, 2.75) is 25.3 Å². The fraction of sp³-hybridized carbons (Fsp3) is 1.00. The highest BCUT2D eigenvalue weighted by molar-refractivity contribution is 4.76. The molecular formula is C13H29N3O. The molecule has 1 aliphatic heterocycles. The van der Waals surface area contributed by atoms with Crippen LogP contribution >= 0.6 is 0 Å². The minimum Gasteiger partial charge on any atom is -0.383 e. The summed E-state index contributed by atoms with van der Waals surface area (Å²) < 4.78 is 5.00. The Kier molecular flexibility index (Phi) is 7.77. The molecule has 0 amide bonds. The maximum absolute atomic E-state index is 5.00. The maximum Gasteiger partial charge on any atom is 0.0587 e. The Morgan fingerprint density at radius 1 is 1.29 bits per heavy atom. The molecule has 1 aliphatic rings. The van der Waals surface area contributed by atoms with Gasteiger partial charge < -0.3 is 19.9 Å². The minimum atomic E-state index is 0.796. The van der Waals surface area contributed by atoms with Crippen LogP contribution in [0.4, 0.5) is 0 Å². The second-order valence-electron chi connectivity index (χ2n) is 5.11. The van der Waals surface area contributed by atoms with Gasteiger partial charge in [0.05, 0.1) is 6.61 Å². The summed E-state index contributed by atoms with van der Waals surface area (Å²) in [5, 5.41) is 3.39. The highest BCUT2D eigenvalue weighted by Crippen LogP contribution is 2.13. The largest absolute Gasteiger partial charge is 0.383 e. The zero-order chi connectivity index (χ0) is 12.5. The average molecular weight is 243 g/mol. The van der Waals surface area contributed by atoms with Crippen LogP contribution in [0.5, 0.6) is 0 Å². The van der Waals surface area contributed by atoms with Crippen LogP contribution in [0.15, 0.2) is 0 Å². The zero-order valence-electron chi connectivity index (χ0n) is 11.7. The zero-order valence-corrected chi connectivity index (χ0v) is 11.7. The van der Waals surface area contributed by atoms with Gasteiger partial charge in [0.2, 0.25) is 0 Å². The lowest BCUT2D eigenvalue weighted by atomic mass is 10.0. The molecule has 4 heteroatoms. The highest BCUT2D eigenvalue weighted by atomic mass is 16.5. The van der Waals surface area contributed by atoms with Gasteiger partial charge in [-0.2, -0.15) is 0 Å². The molecule has 0 aromatic heterocycles. The Hall–Kier alpha value is -0.160. The number of hydrogen-bond acceptors (Lipinski definition) is 4. The number of likely N-dealkylation sites (tertiary alicyclic amines) is 1. The molecular weight excluding hydrogens is 214 g/mol. The van der Waals surface area contributed by atoms with E-state index in [9.17, 15) is 0 Å². The van der Waals surface area contributed by atoms with E-state index in [0.717, 1.165) is 25.7 Å². The van der Waals surface area contributed by atoms with Crippen molar-refractivity contribution in [3.63, 3.8) is 0 Å². The Morgan fingerprint density at radius 2 is 2.00 bits per heavy atom. The molecule has 0 unspecified atom stereocenters. The van der Waals surface area contributed by atoms with Gasteiger partial charge >= 0.3 is 0 Å². The van der Waals surface area contributed by atoms with Gasteiger partial charge in [-0.05, 0) is 59.5 Å². The summed E-state index contributed by atoms with van der Waals surface area (Å²) in [5.41, 5.74) is 0. The molecule has 0 aromatic rings. The molecule has 1 rings (SSSR count). The van der Waals surface area contributed by atoms with Gasteiger partial charge in [-0.25, -0.2) is 0 Å². The van der Waals surface area contributed by atoms with E-state index in [1.807, 2.05) is 0 Å². The molecule has 4 nitrogen and oxygen atoms in total. The standard InChI is InChI=1S/C13H29N3O/c1-15-10-5-13(6-11-15)16(2)9-4-7-14-8-12-17-3/h13-14H,4-12H2,1-3H3. The lowest BCUT2D eigenvalue weighted by molar-refractivity contribution is 0.143. The second kappa shape index (κ2) is 8.86. The number of hydrogen-bond donors (Lipinski definition) is 1. The third kappa shape index (κ3) is 6.36. The molecule has 0 spiro atoms. The van der Waals surface area contributed by atoms with Gasteiger partial charge in [-0.1, -0.05) is 0 Å². The van der Waals surface area contributed by atoms with E-state index in [4.69, 9.17) is 4.74 Å². The summed E-state index contributed by atoms with van der Waals surface area (Å²) >= 11 is 0. The van der Waals surface area contributed by atoms with Gasteiger partial charge in [0.1, 0.15) is 0 Å². The lowest BCUT2D eigenvalue weighted by Gasteiger charge is -2.35. The Morgan fingerprint density at radius 3 is 2.65 bits per heavy atom. The third-order valence-electron chi connectivity index (χ3n) is 3.66. The topological polar surface area (TPSA) is 27.7 Å². The van der Waals surface area contributed by atoms with Crippen molar-refractivity contribution in [2.24, 2.45) is 0 Å². The monoisotopic (exact) mass is 243 g/mol. The van der Waals surface area contributed by atoms with Crippen molar-refractivity contribution in [1.82, 2.24) is 15.1 Å². The molecule has 0 aliphatic carbocycles. The van der Waals surface area contributed by atoms with Gasteiger partial charge in [0.15, 0.2) is 0 Å². The van der Waals surface area contributed by atoms with Crippen LogP contribution in [0.1, 0.15) is 19.3 Å². The number of piperidine rings is 1. The predicted molar refractivity (Wildman–Crippen MR) is 72.5 cm³/mol. The third-order valence-corrected chi connectivity index (χ3v) is 3.66. The quantitative estimate of drug-likeness (QED) is 0.633. The summed E-state index contributed by atoms with van der Waals surface area (Å²) in [6, 6.07) is 0.796. The van der Waals surface area contributed by atoms with Crippen LogP contribution in [-0.4, -0.2) is 76.4 Å². The predicted octanol–water partition coefficient (Wildman–Crippen LogP) is 0.639. The smallest absolute Gasteiger partial charge is 0.0587 e. The number of methoxy groups -OCH3 is 1. The van der Waals surface area contributed by atoms with Gasteiger partial charge in [0.25, 0.3) is 0 Å². The first-order chi connectivity index (χ1) is 8.24. The first kappa shape index (κ1) is 14.9. The normalized spacial score (nSPS) is 19.1. The minimum absolute atomic E-state index is 0.796. The maximum atomic E-state index is 5.00. The molecule has 17 heavy (non-hydrogen) atoms. The fourth-order valence-corrected chi connectivity index (χ4v) is 2.37. The van der Waals surface area contributed by atoms with Crippen molar-refractivity contribution in [3.05, 3.63) is 0 Å². The van der Waals surface area contributed by atoms with E-state index in [1.165, 1.54) is 38.9 Å². The SMILES string of the molecule is COCCNCCCN(C)C1CCN(C)CC1. The van der Waals surface area contributed by atoms with E-state index in [-0.39, 0.29) is 0 Å². The first-order valence-electron chi connectivity index (χ1n) is 6.82. The summed E-state index contributed by atoms with van der Waals surface area (Å²) in [6.07, 6.45) is 3.88.